The second-order valence-electron chi connectivity index (χ2n) is 5.41. The van der Waals surface area contributed by atoms with E-state index < -0.39 is 0 Å². The van der Waals surface area contributed by atoms with E-state index in [0.29, 0.717) is 6.04 Å². The third kappa shape index (κ3) is 2.77. The highest BCUT2D eigenvalue weighted by Crippen LogP contribution is 2.44. The number of thiophene rings is 1. The van der Waals surface area contributed by atoms with Crippen molar-refractivity contribution in [3.63, 3.8) is 0 Å². The van der Waals surface area contributed by atoms with Gasteiger partial charge in [-0.05, 0) is 48.9 Å². The van der Waals surface area contributed by atoms with E-state index in [1.165, 1.54) is 25.7 Å². The maximum absolute atomic E-state index is 3.93. The molecule has 4 atom stereocenters. The molecule has 0 bridgehead atoms. The smallest absolute Gasteiger partial charge is 0.0649 e. The van der Waals surface area contributed by atoms with Crippen molar-refractivity contribution in [3.05, 3.63) is 17.0 Å². The molecule has 100 valence electrons. The van der Waals surface area contributed by atoms with E-state index >= 15 is 0 Å². The van der Waals surface area contributed by atoms with Gasteiger partial charge in [0.1, 0.15) is 0 Å². The minimum atomic E-state index is 0.605. The fourth-order valence-electron chi connectivity index (χ4n) is 3.10. The predicted molar refractivity (Wildman–Crippen MR) is 85.1 cm³/mol. The monoisotopic (exact) mass is 299 g/mol. The van der Waals surface area contributed by atoms with Crippen LogP contribution in [0.5, 0.6) is 0 Å². The molecule has 0 amide bonds. The van der Waals surface area contributed by atoms with Gasteiger partial charge in [-0.1, -0.05) is 6.92 Å². The van der Waals surface area contributed by atoms with Crippen molar-refractivity contribution in [2.45, 2.75) is 59.4 Å². The first-order chi connectivity index (χ1) is 8.76. The van der Waals surface area contributed by atoms with E-state index in [1.54, 1.807) is 9.77 Å². The fraction of sp³-hybridized carbons (Fsp3) is 0.714. The van der Waals surface area contributed by atoms with Gasteiger partial charge in [0.2, 0.25) is 0 Å². The quantitative estimate of drug-likeness (QED) is 0.879. The van der Waals surface area contributed by atoms with E-state index in [9.17, 15) is 0 Å². The molecule has 2 heterocycles. The molecule has 1 aliphatic carbocycles. The first-order valence-corrected chi connectivity index (χ1v) is 9.84. The molecule has 0 spiro atoms. The Labute approximate surface area is 123 Å². The van der Waals surface area contributed by atoms with Crippen LogP contribution >= 0.6 is 34.9 Å². The van der Waals surface area contributed by atoms with Crippen LogP contribution in [0.4, 0.5) is 0 Å². The number of rotatable bonds is 3. The topological polar surface area (TPSA) is 12.0 Å². The largest absolute Gasteiger partial charge is 0.307 e. The van der Waals surface area contributed by atoms with Gasteiger partial charge in [-0.25, -0.2) is 0 Å². The molecule has 0 radical (unpaired) electrons. The van der Waals surface area contributed by atoms with E-state index in [4.69, 9.17) is 0 Å². The van der Waals surface area contributed by atoms with Crippen molar-refractivity contribution in [1.82, 2.24) is 5.32 Å². The Hall–Kier alpha value is 0.360. The molecule has 4 heteroatoms. The number of fused-ring (bicyclic) bond motifs is 1. The number of hydrogen-bond acceptors (Lipinski definition) is 4. The highest BCUT2D eigenvalue weighted by Gasteiger charge is 2.30. The van der Waals surface area contributed by atoms with E-state index in [-0.39, 0.29) is 0 Å². The summed E-state index contributed by atoms with van der Waals surface area (Å²) < 4.78 is 1.55. The lowest BCUT2D eigenvalue weighted by atomic mass is 10.0. The molecular formula is C14H21NS3. The Morgan fingerprint density at radius 2 is 2.22 bits per heavy atom. The summed E-state index contributed by atoms with van der Waals surface area (Å²) in [6, 6.07) is 3.68. The van der Waals surface area contributed by atoms with Crippen LogP contribution in [0.15, 0.2) is 15.7 Å². The molecular weight excluding hydrogens is 278 g/mol. The normalized spacial score (nSPS) is 35.7. The minimum Gasteiger partial charge on any atom is -0.307 e. The molecule has 1 fully saturated rings. The second-order valence-corrected chi connectivity index (χ2v) is 9.18. The Morgan fingerprint density at radius 1 is 1.33 bits per heavy atom. The number of thioether (sulfide) groups is 2. The van der Waals surface area contributed by atoms with E-state index in [2.05, 4.69) is 41.7 Å². The van der Waals surface area contributed by atoms with Crippen LogP contribution in [0.1, 0.15) is 44.2 Å². The fourth-order valence-corrected chi connectivity index (χ4v) is 6.46. The Balaban J connectivity index is 1.67. The van der Waals surface area contributed by atoms with E-state index in [0.717, 1.165) is 16.5 Å². The standard InChI is InChI=1S/C14H21NS3/c1-9-7-13(12-5-6-17-14(12)18-9)15-10-3-4-11(8-10)16-2/h5-6,9-11,13,15H,3-4,7-8H2,1-2H3/t9-,10?,11?,13?/m0/s1. The van der Waals surface area contributed by atoms with Crippen molar-refractivity contribution in [2.24, 2.45) is 0 Å². The third-order valence-corrected chi connectivity index (χ3v) is 7.50. The first kappa shape index (κ1) is 13.3. The summed E-state index contributed by atoms with van der Waals surface area (Å²) in [5, 5.41) is 7.83. The molecule has 1 aromatic rings. The Morgan fingerprint density at radius 3 is 3.00 bits per heavy atom. The first-order valence-electron chi connectivity index (χ1n) is 6.79. The van der Waals surface area contributed by atoms with Gasteiger partial charge < -0.3 is 5.32 Å². The zero-order valence-electron chi connectivity index (χ0n) is 11.0. The molecule has 0 saturated heterocycles. The van der Waals surface area contributed by atoms with Crippen LogP contribution in [0.2, 0.25) is 0 Å². The SMILES string of the molecule is CSC1CCC(NC2C[C@H](C)Sc3sccc32)C1. The van der Waals surface area contributed by atoms with Gasteiger partial charge in [-0.2, -0.15) is 11.8 Å². The molecule has 18 heavy (non-hydrogen) atoms. The maximum atomic E-state index is 3.93. The second kappa shape index (κ2) is 5.78. The molecule has 0 aromatic carbocycles. The summed E-state index contributed by atoms with van der Waals surface area (Å²) in [5.74, 6) is 0. The lowest BCUT2D eigenvalue weighted by Crippen LogP contribution is -2.34. The third-order valence-electron chi connectivity index (χ3n) is 4.06. The molecule has 2 aliphatic rings. The van der Waals surface area contributed by atoms with Crippen LogP contribution in [-0.2, 0) is 0 Å². The lowest BCUT2D eigenvalue weighted by Gasteiger charge is -2.30. The lowest BCUT2D eigenvalue weighted by molar-refractivity contribution is 0.414. The van der Waals surface area contributed by atoms with Crippen molar-refractivity contribution in [2.75, 3.05) is 6.26 Å². The molecule has 3 rings (SSSR count). The average molecular weight is 300 g/mol. The molecule has 3 unspecified atom stereocenters. The van der Waals surface area contributed by atoms with Crippen LogP contribution in [0.3, 0.4) is 0 Å². The summed E-state index contributed by atoms with van der Waals surface area (Å²) in [6.07, 6.45) is 7.66. The zero-order valence-corrected chi connectivity index (χ0v) is 13.5. The Kier molecular flexibility index (Phi) is 4.28. The minimum absolute atomic E-state index is 0.605. The van der Waals surface area contributed by atoms with Gasteiger partial charge in [0.15, 0.2) is 0 Å². The molecule has 1 aliphatic heterocycles. The average Bonchev–Trinajstić information content (AvgIpc) is 2.97. The summed E-state index contributed by atoms with van der Waals surface area (Å²) in [4.78, 5) is 0. The number of hydrogen-bond donors (Lipinski definition) is 1. The van der Waals surface area contributed by atoms with Crippen LogP contribution < -0.4 is 5.32 Å². The van der Waals surface area contributed by atoms with Crippen LogP contribution in [-0.4, -0.2) is 22.8 Å². The van der Waals surface area contributed by atoms with Crippen molar-refractivity contribution < 1.29 is 0 Å². The molecule has 1 nitrogen and oxygen atoms in total. The van der Waals surface area contributed by atoms with Crippen LogP contribution in [0, 0.1) is 0 Å². The summed E-state index contributed by atoms with van der Waals surface area (Å²) in [7, 11) is 0. The molecule has 1 N–H and O–H groups in total. The predicted octanol–water partition coefficient (Wildman–Crippen LogP) is 4.55. The summed E-state index contributed by atoms with van der Waals surface area (Å²) in [5.41, 5.74) is 1.57. The Bertz CT molecular complexity index is 403. The van der Waals surface area contributed by atoms with Gasteiger partial charge in [0, 0.05) is 22.6 Å². The number of nitrogens with one attached hydrogen (secondary N) is 1. The molecule has 1 aromatic heterocycles. The van der Waals surface area contributed by atoms with Crippen molar-refractivity contribution in [3.8, 4) is 0 Å². The van der Waals surface area contributed by atoms with Gasteiger partial charge in [0.25, 0.3) is 0 Å². The highest BCUT2D eigenvalue weighted by atomic mass is 32.2. The van der Waals surface area contributed by atoms with Gasteiger partial charge in [0.05, 0.1) is 4.21 Å². The van der Waals surface area contributed by atoms with Crippen molar-refractivity contribution >= 4 is 34.9 Å². The van der Waals surface area contributed by atoms with Gasteiger partial charge >= 0.3 is 0 Å². The van der Waals surface area contributed by atoms with E-state index in [1.807, 2.05) is 23.1 Å². The summed E-state index contributed by atoms with van der Waals surface area (Å²) in [6.45, 7) is 2.36. The van der Waals surface area contributed by atoms with Crippen molar-refractivity contribution in [1.29, 1.82) is 0 Å². The van der Waals surface area contributed by atoms with Gasteiger partial charge in [-0.15, -0.1) is 23.1 Å². The highest BCUT2D eigenvalue weighted by molar-refractivity contribution is 8.01. The zero-order chi connectivity index (χ0) is 12.5. The summed E-state index contributed by atoms with van der Waals surface area (Å²) >= 11 is 6.02. The maximum Gasteiger partial charge on any atom is 0.0649 e. The molecule has 1 saturated carbocycles. The van der Waals surface area contributed by atoms with Gasteiger partial charge in [-0.3, -0.25) is 0 Å². The van der Waals surface area contributed by atoms with Crippen LogP contribution in [0.25, 0.3) is 0 Å².